The van der Waals surface area contributed by atoms with Crippen molar-refractivity contribution in [2.75, 3.05) is 0 Å². The predicted molar refractivity (Wildman–Crippen MR) is 99.9 cm³/mol. The first kappa shape index (κ1) is 16.8. The van der Waals surface area contributed by atoms with E-state index in [0.717, 1.165) is 17.2 Å². The summed E-state index contributed by atoms with van der Waals surface area (Å²) < 4.78 is 6.64. The highest BCUT2D eigenvalue weighted by Crippen LogP contribution is 2.38. The fourth-order valence-electron chi connectivity index (χ4n) is 4.13. The van der Waals surface area contributed by atoms with Crippen molar-refractivity contribution in [1.82, 2.24) is 9.55 Å². The van der Waals surface area contributed by atoms with Crippen molar-refractivity contribution >= 4 is 23.2 Å². The van der Waals surface area contributed by atoms with Crippen molar-refractivity contribution < 1.29 is 19.4 Å². The molecule has 0 unspecified atom stereocenters. The molecule has 1 aromatic carbocycles. The summed E-state index contributed by atoms with van der Waals surface area (Å²) in [6.45, 7) is 1.84. The number of pyridine rings is 2. The number of nitrogens with zero attached hydrogens (tertiary/aromatic N) is 2. The third-order valence-electron chi connectivity index (χ3n) is 5.70. The summed E-state index contributed by atoms with van der Waals surface area (Å²) in [7, 11) is 0. The van der Waals surface area contributed by atoms with Gasteiger partial charge in [-0.05, 0) is 24.6 Å². The monoisotopic (exact) mass is 376 g/mol. The first-order chi connectivity index (χ1) is 13.5. The van der Waals surface area contributed by atoms with E-state index in [-0.39, 0.29) is 24.2 Å². The molecule has 2 aliphatic heterocycles. The minimum atomic E-state index is -1.85. The summed E-state index contributed by atoms with van der Waals surface area (Å²) in [4.78, 5) is 41.3. The number of aromatic nitrogens is 2. The van der Waals surface area contributed by atoms with Crippen LogP contribution < -0.4 is 5.56 Å². The van der Waals surface area contributed by atoms with Gasteiger partial charge in [-0.15, -0.1) is 0 Å². The van der Waals surface area contributed by atoms with Gasteiger partial charge >= 0.3 is 5.97 Å². The number of hydrogen-bond donors (Lipinski definition) is 1. The number of benzene rings is 1. The molecule has 0 bridgehead atoms. The number of para-hydroxylation sites is 1. The van der Waals surface area contributed by atoms with Gasteiger partial charge in [0.2, 0.25) is 0 Å². The number of cyclic esters (lactones) is 1. The van der Waals surface area contributed by atoms with E-state index in [9.17, 15) is 19.5 Å². The Kier molecular flexibility index (Phi) is 3.36. The highest BCUT2D eigenvalue weighted by molar-refractivity contribution is 5.97. The molecule has 0 fully saturated rings. The van der Waals surface area contributed by atoms with E-state index < -0.39 is 11.6 Å². The van der Waals surface area contributed by atoms with Crippen LogP contribution in [0.3, 0.4) is 0 Å². The van der Waals surface area contributed by atoms with Crippen molar-refractivity contribution in [1.29, 1.82) is 0 Å². The topological polar surface area (TPSA) is 98.5 Å². The minimum absolute atomic E-state index is 0.0923. The average molecular weight is 376 g/mol. The number of aldehydes is 1. The van der Waals surface area contributed by atoms with E-state index in [1.54, 1.807) is 29.7 Å². The maximum absolute atomic E-state index is 13.1. The van der Waals surface area contributed by atoms with Gasteiger partial charge in [-0.1, -0.05) is 19.1 Å². The summed E-state index contributed by atoms with van der Waals surface area (Å²) in [5.74, 6) is -0.750. The van der Waals surface area contributed by atoms with Crippen LogP contribution in [0.5, 0.6) is 0 Å². The lowest BCUT2D eigenvalue weighted by molar-refractivity contribution is -0.172. The van der Waals surface area contributed by atoms with E-state index in [2.05, 4.69) is 4.98 Å². The minimum Gasteiger partial charge on any atom is -0.458 e. The predicted octanol–water partition coefficient (Wildman–Crippen LogP) is 1.89. The van der Waals surface area contributed by atoms with Gasteiger partial charge < -0.3 is 14.4 Å². The van der Waals surface area contributed by atoms with Crippen molar-refractivity contribution in [2.24, 2.45) is 0 Å². The molecule has 0 spiro atoms. The van der Waals surface area contributed by atoms with Crippen LogP contribution in [0.25, 0.3) is 22.3 Å². The lowest BCUT2D eigenvalue weighted by Crippen LogP contribution is -2.44. The maximum atomic E-state index is 13.1. The normalized spacial score (nSPS) is 19.7. The quantitative estimate of drug-likeness (QED) is 0.424. The molecule has 0 saturated heterocycles. The van der Waals surface area contributed by atoms with Crippen molar-refractivity contribution in [3.8, 4) is 11.4 Å². The smallest absolute Gasteiger partial charge is 0.343 e. The van der Waals surface area contributed by atoms with Crippen LogP contribution in [0.15, 0.2) is 35.1 Å². The molecular weight excluding hydrogens is 360 g/mol. The molecule has 0 amide bonds. The summed E-state index contributed by atoms with van der Waals surface area (Å²) in [6, 6.07) is 8.93. The summed E-state index contributed by atoms with van der Waals surface area (Å²) in [6.07, 6.45) is 0.845. The molecule has 5 rings (SSSR count). The Balaban J connectivity index is 1.82. The van der Waals surface area contributed by atoms with E-state index in [0.29, 0.717) is 34.6 Å². The molecule has 4 heterocycles. The summed E-state index contributed by atoms with van der Waals surface area (Å²) in [5.41, 5.74) is 1.40. The number of aliphatic hydroxyl groups is 1. The van der Waals surface area contributed by atoms with Crippen molar-refractivity contribution in [3.63, 3.8) is 0 Å². The van der Waals surface area contributed by atoms with E-state index >= 15 is 0 Å². The first-order valence-corrected chi connectivity index (χ1v) is 9.03. The number of esters is 1. The van der Waals surface area contributed by atoms with Gasteiger partial charge in [0.15, 0.2) is 11.9 Å². The summed E-state index contributed by atoms with van der Waals surface area (Å²) >= 11 is 0. The second-order valence-corrected chi connectivity index (χ2v) is 7.14. The second kappa shape index (κ2) is 5.59. The van der Waals surface area contributed by atoms with Gasteiger partial charge in [0.05, 0.1) is 29.0 Å². The average Bonchev–Trinajstić information content (AvgIpc) is 3.07. The van der Waals surface area contributed by atoms with Gasteiger partial charge in [-0.2, -0.15) is 0 Å². The van der Waals surface area contributed by atoms with Gasteiger partial charge in [0.1, 0.15) is 6.61 Å². The highest BCUT2D eigenvalue weighted by atomic mass is 16.6. The van der Waals surface area contributed by atoms with Gasteiger partial charge in [0.25, 0.3) is 5.56 Å². The molecule has 7 heteroatoms. The molecule has 0 saturated carbocycles. The number of carbonyl (C=O) groups excluding carboxylic acids is 2. The molecule has 3 aromatic rings. The molecule has 140 valence electrons. The van der Waals surface area contributed by atoms with Crippen LogP contribution in [-0.2, 0) is 28.3 Å². The van der Waals surface area contributed by atoms with E-state index in [4.69, 9.17) is 4.74 Å². The number of rotatable bonds is 2. The molecular formula is C21H16N2O5. The van der Waals surface area contributed by atoms with Crippen LogP contribution in [-0.4, -0.2) is 26.9 Å². The van der Waals surface area contributed by atoms with Crippen molar-refractivity contribution in [2.45, 2.75) is 32.1 Å². The molecule has 1 N–H and O–H groups in total. The molecule has 1 atom stereocenters. The number of ether oxygens (including phenoxy) is 1. The van der Waals surface area contributed by atoms with Gasteiger partial charge in [-0.25, -0.2) is 9.78 Å². The maximum Gasteiger partial charge on any atom is 0.343 e. The Bertz CT molecular complexity index is 1260. The third-order valence-corrected chi connectivity index (χ3v) is 5.70. The Hall–Kier alpha value is -3.32. The lowest BCUT2D eigenvalue weighted by atomic mass is 9.86. The Morgan fingerprint density at radius 3 is 2.89 bits per heavy atom. The van der Waals surface area contributed by atoms with Crippen LogP contribution in [0, 0.1) is 0 Å². The Morgan fingerprint density at radius 1 is 1.32 bits per heavy atom. The summed E-state index contributed by atoms with van der Waals surface area (Å²) in [5, 5.41) is 11.7. The zero-order valence-corrected chi connectivity index (χ0v) is 15.1. The van der Waals surface area contributed by atoms with Crippen LogP contribution >= 0.6 is 0 Å². The van der Waals surface area contributed by atoms with Gasteiger partial charge in [0, 0.05) is 22.1 Å². The molecule has 7 nitrogen and oxygen atoms in total. The van der Waals surface area contributed by atoms with Crippen LogP contribution in [0.4, 0.5) is 0 Å². The highest BCUT2D eigenvalue weighted by Gasteiger charge is 2.45. The molecule has 28 heavy (non-hydrogen) atoms. The van der Waals surface area contributed by atoms with Gasteiger partial charge in [-0.3, -0.25) is 9.59 Å². The van der Waals surface area contributed by atoms with E-state index in [1.165, 1.54) is 0 Å². The molecule has 2 aromatic heterocycles. The fraction of sp³-hybridized carbons (Fsp3) is 0.238. The third kappa shape index (κ3) is 2.02. The first-order valence-electron chi connectivity index (χ1n) is 9.03. The molecule has 0 aliphatic carbocycles. The SMILES string of the molecule is CC[C@@]1(O)C(=O)OCc2c1cc1n(c2=O)Cc2cc3cccc(C=O)c3nc2-1. The zero-order valence-electron chi connectivity index (χ0n) is 15.1. The second-order valence-electron chi connectivity index (χ2n) is 7.14. The zero-order chi connectivity index (χ0) is 19.6. The van der Waals surface area contributed by atoms with Crippen LogP contribution in [0.2, 0.25) is 0 Å². The molecule has 2 aliphatic rings. The Morgan fingerprint density at radius 2 is 2.14 bits per heavy atom. The molecule has 0 radical (unpaired) electrons. The van der Waals surface area contributed by atoms with Crippen LogP contribution in [0.1, 0.15) is 40.4 Å². The standard InChI is InChI=1S/C21H16N2O5/c1-2-21(27)15-7-16-18-13(6-11-4-3-5-12(9-24)17(11)22-18)8-23(16)19(25)14(15)10-28-20(21)26/h3-7,9,27H,2,8,10H2,1H3/t21-/m0/s1. The lowest BCUT2D eigenvalue weighted by Gasteiger charge is -2.31. The largest absolute Gasteiger partial charge is 0.458 e. The Labute approximate surface area is 159 Å². The van der Waals surface area contributed by atoms with E-state index in [1.807, 2.05) is 12.1 Å². The number of carbonyl (C=O) groups is 2. The number of fused-ring (bicyclic) bond motifs is 5. The fourth-order valence-corrected chi connectivity index (χ4v) is 4.13. The number of hydrogen-bond acceptors (Lipinski definition) is 6. The van der Waals surface area contributed by atoms with Crippen molar-refractivity contribution in [3.05, 3.63) is 62.9 Å².